The maximum Gasteiger partial charge on any atom is 0.273 e. The van der Waals surface area contributed by atoms with Gasteiger partial charge in [-0.3, -0.25) is 15.0 Å². The Balaban J connectivity index is 0.00000312. The zero-order valence-electron chi connectivity index (χ0n) is 14.0. The quantitative estimate of drug-likeness (QED) is 0.517. The van der Waals surface area contributed by atoms with Crippen LogP contribution in [0.4, 0.5) is 5.69 Å². The molecule has 2 N–H and O–H groups in total. The predicted molar refractivity (Wildman–Crippen MR) is 101 cm³/mol. The molecule has 0 aliphatic rings. The lowest BCUT2D eigenvalue weighted by Crippen LogP contribution is -2.34. The zero-order chi connectivity index (χ0) is 17.2. The summed E-state index contributed by atoms with van der Waals surface area (Å²) >= 11 is 0. The molecule has 2 aromatic carbocycles. The fourth-order valence-electron chi connectivity index (χ4n) is 2.43. The highest BCUT2D eigenvalue weighted by Gasteiger charge is 2.08. The van der Waals surface area contributed by atoms with Crippen LogP contribution < -0.4 is 10.5 Å². The summed E-state index contributed by atoms with van der Waals surface area (Å²) in [6.45, 7) is 3.49. The largest absolute Gasteiger partial charge is 0.492 e. The molecule has 0 spiro atoms. The van der Waals surface area contributed by atoms with Crippen LogP contribution in [-0.2, 0) is 6.42 Å². The van der Waals surface area contributed by atoms with Crippen LogP contribution in [0.5, 0.6) is 5.75 Å². The average Bonchev–Trinajstić information content (AvgIpc) is 2.61. The molecule has 6 nitrogen and oxygen atoms in total. The molecule has 2 aromatic rings. The van der Waals surface area contributed by atoms with E-state index in [1.807, 2.05) is 18.2 Å². The van der Waals surface area contributed by atoms with Crippen LogP contribution in [0.3, 0.4) is 0 Å². The van der Waals surface area contributed by atoms with Crippen molar-refractivity contribution in [1.82, 2.24) is 4.90 Å². The molecule has 0 aromatic heterocycles. The van der Waals surface area contributed by atoms with E-state index in [9.17, 15) is 10.1 Å². The Bertz CT molecular complexity index is 640. The van der Waals surface area contributed by atoms with Crippen molar-refractivity contribution in [2.45, 2.75) is 6.42 Å². The Labute approximate surface area is 154 Å². The van der Waals surface area contributed by atoms with Gasteiger partial charge in [0.15, 0.2) is 0 Å². The van der Waals surface area contributed by atoms with Gasteiger partial charge in [0.1, 0.15) is 12.4 Å². The van der Waals surface area contributed by atoms with Crippen LogP contribution in [0.15, 0.2) is 54.6 Å². The number of hydrogen-bond donors (Lipinski definition) is 1. The molecule has 0 bridgehead atoms. The molecule has 0 saturated carbocycles. The summed E-state index contributed by atoms with van der Waals surface area (Å²) < 4.78 is 5.64. The minimum atomic E-state index is -0.423. The highest BCUT2D eigenvalue weighted by molar-refractivity contribution is 5.85. The van der Waals surface area contributed by atoms with E-state index in [4.69, 9.17) is 10.5 Å². The van der Waals surface area contributed by atoms with Gasteiger partial charge in [0, 0.05) is 32.2 Å². The molecule has 7 heteroatoms. The van der Waals surface area contributed by atoms with Gasteiger partial charge >= 0.3 is 0 Å². The van der Waals surface area contributed by atoms with Crippen LogP contribution in [0.1, 0.15) is 5.56 Å². The standard InChI is InChI=1S/C18H23N3O3.ClH/c19-10-12-20(11-9-16-5-2-1-3-6-16)13-14-24-18-8-4-7-17(15-18)21(22)23;/h1-8,15H,9-14,19H2;1H. The molecule has 0 aliphatic carbocycles. The SMILES string of the molecule is Cl.NCCN(CCOc1cccc([N+](=O)[O-])c1)CCc1ccccc1. The molecule has 0 heterocycles. The molecule has 0 atom stereocenters. The Hall–Kier alpha value is -2.15. The van der Waals surface area contributed by atoms with Crippen molar-refractivity contribution >= 4 is 18.1 Å². The second kappa shape index (κ2) is 11.4. The van der Waals surface area contributed by atoms with Gasteiger partial charge in [-0.05, 0) is 18.1 Å². The number of nitrogens with zero attached hydrogens (tertiary/aromatic N) is 2. The van der Waals surface area contributed by atoms with Gasteiger partial charge in [-0.15, -0.1) is 12.4 Å². The summed E-state index contributed by atoms with van der Waals surface area (Å²) in [6.07, 6.45) is 0.956. The fraction of sp³-hybridized carbons (Fsp3) is 0.333. The third kappa shape index (κ3) is 7.51. The summed E-state index contributed by atoms with van der Waals surface area (Å²) in [5.41, 5.74) is 7.01. The molecule has 0 radical (unpaired) electrons. The molecule has 0 unspecified atom stereocenters. The molecule has 136 valence electrons. The first-order chi connectivity index (χ1) is 11.7. The van der Waals surface area contributed by atoms with Crippen LogP contribution in [0.2, 0.25) is 0 Å². The van der Waals surface area contributed by atoms with Crippen molar-refractivity contribution in [1.29, 1.82) is 0 Å². The molecular weight excluding hydrogens is 342 g/mol. The van der Waals surface area contributed by atoms with Crippen molar-refractivity contribution in [3.8, 4) is 5.75 Å². The monoisotopic (exact) mass is 365 g/mol. The first-order valence-electron chi connectivity index (χ1n) is 8.02. The fourth-order valence-corrected chi connectivity index (χ4v) is 2.43. The maximum atomic E-state index is 10.8. The van der Waals surface area contributed by atoms with E-state index in [0.29, 0.717) is 18.9 Å². The van der Waals surface area contributed by atoms with Crippen molar-refractivity contribution in [3.63, 3.8) is 0 Å². The van der Waals surface area contributed by atoms with Crippen molar-refractivity contribution in [2.24, 2.45) is 5.73 Å². The van der Waals surface area contributed by atoms with Gasteiger partial charge in [0.25, 0.3) is 5.69 Å². The lowest BCUT2D eigenvalue weighted by atomic mass is 10.1. The lowest BCUT2D eigenvalue weighted by molar-refractivity contribution is -0.384. The smallest absolute Gasteiger partial charge is 0.273 e. The number of benzene rings is 2. The van der Waals surface area contributed by atoms with Crippen LogP contribution in [0.25, 0.3) is 0 Å². The third-order valence-electron chi connectivity index (χ3n) is 3.71. The van der Waals surface area contributed by atoms with E-state index in [1.165, 1.54) is 17.7 Å². The van der Waals surface area contributed by atoms with Crippen molar-refractivity contribution in [2.75, 3.05) is 32.8 Å². The number of nitrogens with two attached hydrogens (primary N) is 1. The van der Waals surface area contributed by atoms with Crippen molar-refractivity contribution < 1.29 is 9.66 Å². The van der Waals surface area contributed by atoms with Gasteiger partial charge < -0.3 is 10.5 Å². The lowest BCUT2D eigenvalue weighted by Gasteiger charge is -2.21. The number of rotatable bonds is 10. The zero-order valence-corrected chi connectivity index (χ0v) is 14.9. The Morgan fingerprint density at radius 2 is 1.80 bits per heavy atom. The van der Waals surface area contributed by atoms with E-state index in [2.05, 4.69) is 17.0 Å². The number of hydrogen-bond acceptors (Lipinski definition) is 5. The minimum absolute atomic E-state index is 0. The predicted octanol–water partition coefficient (Wildman–Crippen LogP) is 2.90. The molecule has 25 heavy (non-hydrogen) atoms. The summed E-state index contributed by atoms with van der Waals surface area (Å²) in [6, 6.07) is 16.5. The second-order valence-corrected chi connectivity index (χ2v) is 5.47. The van der Waals surface area contributed by atoms with Crippen LogP contribution in [-0.4, -0.2) is 42.6 Å². The number of nitro benzene ring substituents is 1. The Morgan fingerprint density at radius 3 is 2.48 bits per heavy atom. The number of ether oxygens (including phenoxy) is 1. The molecule has 0 saturated heterocycles. The number of halogens is 1. The molecule has 0 fully saturated rings. The highest BCUT2D eigenvalue weighted by Crippen LogP contribution is 2.18. The van der Waals surface area contributed by atoms with Gasteiger partial charge in [-0.1, -0.05) is 36.4 Å². The molecule has 0 amide bonds. The Morgan fingerprint density at radius 1 is 1.04 bits per heavy atom. The van der Waals surface area contributed by atoms with Gasteiger partial charge in [-0.2, -0.15) is 0 Å². The molecule has 0 aliphatic heterocycles. The second-order valence-electron chi connectivity index (χ2n) is 5.47. The molecule has 2 rings (SSSR count). The topological polar surface area (TPSA) is 81.6 Å². The van der Waals surface area contributed by atoms with Gasteiger partial charge in [0.2, 0.25) is 0 Å². The maximum absolute atomic E-state index is 10.8. The first-order valence-corrected chi connectivity index (χ1v) is 8.02. The van der Waals surface area contributed by atoms with Crippen LogP contribution in [0, 0.1) is 10.1 Å². The normalized spacial score (nSPS) is 10.3. The number of nitro groups is 1. The van der Waals surface area contributed by atoms with E-state index in [-0.39, 0.29) is 18.1 Å². The summed E-state index contributed by atoms with van der Waals surface area (Å²) in [4.78, 5) is 12.6. The third-order valence-corrected chi connectivity index (χ3v) is 3.71. The van der Waals surface area contributed by atoms with Gasteiger partial charge in [0.05, 0.1) is 11.0 Å². The van der Waals surface area contributed by atoms with Crippen LogP contribution >= 0.6 is 12.4 Å². The van der Waals surface area contributed by atoms with E-state index >= 15 is 0 Å². The Kier molecular flexibility index (Phi) is 9.54. The van der Waals surface area contributed by atoms with E-state index in [1.54, 1.807) is 12.1 Å². The number of non-ortho nitro benzene ring substituents is 1. The summed E-state index contributed by atoms with van der Waals surface area (Å²) in [7, 11) is 0. The first kappa shape index (κ1) is 20.9. The minimum Gasteiger partial charge on any atom is -0.492 e. The van der Waals surface area contributed by atoms with Crippen molar-refractivity contribution in [3.05, 3.63) is 70.3 Å². The molecular formula is C18H24ClN3O3. The summed E-state index contributed by atoms with van der Waals surface area (Å²) in [5.74, 6) is 0.514. The van der Waals surface area contributed by atoms with E-state index < -0.39 is 4.92 Å². The van der Waals surface area contributed by atoms with E-state index in [0.717, 1.165) is 26.1 Å². The average molecular weight is 366 g/mol. The van der Waals surface area contributed by atoms with Gasteiger partial charge in [-0.25, -0.2) is 0 Å². The summed E-state index contributed by atoms with van der Waals surface area (Å²) in [5, 5.41) is 10.8. The highest BCUT2D eigenvalue weighted by atomic mass is 35.5.